The van der Waals surface area contributed by atoms with Crippen LogP contribution in [0, 0.1) is 7.14 Å². The summed E-state index contributed by atoms with van der Waals surface area (Å²) in [5.74, 6) is 2.25. The highest BCUT2D eigenvalue weighted by Crippen LogP contribution is 2.26. The van der Waals surface area contributed by atoms with Crippen LogP contribution in [-0.4, -0.2) is 26.0 Å². The fourth-order valence-electron chi connectivity index (χ4n) is 3.37. The van der Waals surface area contributed by atoms with Crippen molar-refractivity contribution in [3.05, 3.63) is 103 Å². The number of nitrogens with one attached hydrogen (secondary N) is 2. The van der Waals surface area contributed by atoms with Crippen molar-refractivity contribution in [1.29, 1.82) is 0 Å². The highest BCUT2D eigenvalue weighted by molar-refractivity contribution is 14.1. The summed E-state index contributed by atoms with van der Waals surface area (Å²) < 4.78 is 18.1. The quantitative estimate of drug-likeness (QED) is 0.188. The zero-order chi connectivity index (χ0) is 26.4. The van der Waals surface area contributed by atoms with Crippen molar-refractivity contribution >= 4 is 68.4 Å². The molecule has 188 valence electrons. The van der Waals surface area contributed by atoms with Crippen LogP contribution in [0.2, 0.25) is 0 Å². The lowest BCUT2D eigenvalue weighted by Crippen LogP contribution is -2.12. The van der Waals surface area contributed by atoms with Crippen LogP contribution in [0.5, 0.6) is 23.0 Å². The summed E-state index contributed by atoms with van der Waals surface area (Å²) in [5.41, 5.74) is 2.38. The molecule has 37 heavy (non-hydrogen) atoms. The van der Waals surface area contributed by atoms with Crippen LogP contribution in [0.25, 0.3) is 0 Å². The third-order valence-electron chi connectivity index (χ3n) is 5.29. The molecule has 0 aliphatic heterocycles. The predicted octanol–water partition coefficient (Wildman–Crippen LogP) is 7.21. The molecule has 0 spiro atoms. The van der Waals surface area contributed by atoms with E-state index in [1.165, 1.54) is 0 Å². The largest absolute Gasteiger partial charge is 0.496 e. The highest BCUT2D eigenvalue weighted by atomic mass is 127. The molecule has 0 aliphatic rings. The molecule has 4 aromatic carbocycles. The lowest BCUT2D eigenvalue weighted by molar-refractivity contribution is 0.101. The van der Waals surface area contributed by atoms with E-state index in [0.717, 1.165) is 18.6 Å². The van der Waals surface area contributed by atoms with Gasteiger partial charge in [0.1, 0.15) is 23.0 Å². The van der Waals surface area contributed by atoms with E-state index < -0.39 is 0 Å². The van der Waals surface area contributed by atoms with E-state index in [4.69, 9.17) is 14.2 Å². The van der Waals surface area contributed by atoms with E-state index in [2.05, 4.69) is 55.8 Å². The molecular formula is C28H22I2N2O5. The standard InChI is InChI=1S/C28H22I2N2O5/c1-35-25-13-3-17(15-23(25)29)27(33)31-19-5-9-21(10-6-19)37-22-11-7-20(8-12-22)32-28(34)18-4-14-26(36-2)24(30)16-18/h3-16H,1-2H3,(H,31,33)(H,32,34). The SMILES string of the molecule is COc1ccc(C(=O)Nc2ccc(Oc3ccc(NC(=O)c4ccc(OC)c(I)c4)cc3)cc2)cc1I. The molecule has 0 atom stereocenters. The van der Waals surface area contributed by atoms with Crippen LogP contribution in [-0.2, 0) is 0 Å². The van der Waals surface area contributed by atoms with Gasteiger partial charge in [-0.2, -0.15) is 0 Å². The van der Waals surface area contributed by atoms with E-state index in [1.54, 1.807) is 99.1 Å². The Balaban J connectivity index is 1.33. The molecule has 7 nitrogen and oxygen atoms in total. The number of anilines is 2. The molecule has 2 N–H and O–H groups in total. The van der Waals surface area contributed by atoms with Gasteiger partial charge in [0.2, 0.25) is 0 Å². The van der Waals surface area contributed by atoms with Gasteiger partial charge in [0.25, 0.3) is 11.8 Å². The number of methoxy groups -OCH3 is 2. The second kappa shape index (κ2) is 12.3. The van der Waals surface area contributed by atoms with Gasteiger partial charge >= 0.3 is 0 Å². The van der Waals surface area contributed by atoms with Gasteiger partial charge in [0.15, 0.2) is 0 Å². The molecule has 0 unspecified atom stereocenters. The topological polar surface area (TPSA) is 85.9 Å². The van der Waals surface area contributed by atoms with Gasteiger partial charge < -0.3 is 24.8 Å². The average Bonchev–Trinajstić information content (AvgIpc) is 2.90. The predicted molar refractivity (Wildman–Crippen MR) is 160 cm³/mol. The van der Waals surface area contributed by atoms with Gasteiger partial charge in [-0.3, -0.25) is 9.59 Å². The molecule has 0 radical (unpaired) electrons. The summed E-state index contributed by atoms with van der Waals surface area (Å²) in [7, 11) is 3.19. The smallest absolute Gasteiger partial charge is 0.255 e. The molecule has 2 amide bonds. The van der Waals surface area contributed by atoms with Gasteiger partial charge in [0, 0.05) is 22.5 Å². The molecule has 9 heteroatoms. The summed E-state index contributed by atoms with van der Waals surface area (Å²) in [5, 5.41) is 5.75. The van der Waals surface area contributed by atoms with Gasteiger partial charge in [-0.05, 0) is 130 Å². The van der Waals surface area contributed by atoms with Crippen LogP contribution in [0.4, 0.5) is 11.4 Å². The van der Waals surface area contributed by atoms with Gasteiger partial charge in [-0.15, -0.1) is 0 Å². The second-order valence-electron chi connectivity index (χ2n) is 7.76. The molecular weight excluding hydrogens is 698 g/mol. The maximum Gasteiger partial charge on any atom is 0.255 e. The summed E-state index contributed by atoms with van der Waals surface area (Å²) in [6.45, 7) is 0. The number of benzene rings is 4. The number of hydrogen-bond donors (Lipinski definition) is 2. The van der Waals surface area contributed by atoms with Crippen LogP contribution in [0.1, 0.15) is 20.7 Å². The van der Waals surface area contributed by atoms with Crippen LogP contribution in [0.15, 0.2) is 84.9 Å². The Morgan fingerprint density at radius 2 is 0.973 bits per heavy atom. The average molecular weight is 720 g/mol. The number of carbonyl (C=O) groups is 2. The fraction of sp³-hybridized carbons (Fsp3) is 0.0714. The van der Waals surface area contributed by atoms with Crippen molar-refractivity contribution in [2.24, 2.45) is 0 Å². The first-order valence-corrected chi connectivity index (χ1v) is 13.2. The van der Waals surface area contributed by atoms with Crippen LogP contribution < -0.4 is 24.8 Å². The Hall–Kier alpha value is -3.32. The molecule has 0 aromatic heterocycles. The summed E-state index contributed by atoms with van der Waals surface area (Å²) in [6, 6.07) is 24.7. The molecule has 0 bridgehead atoms. The van der Waals surface area contributed by atoms with Crippen LogP contribution >= 0.6 is 45.2 Å². The Morgan fingerprint density at radius 3 is 1.30 bits per heavy atom. The van der Waals surface area contributed by atoms with Crippen LogP contribution in [0.3, 0.4) is 0 Å². The number of ether oxygens (including phenoxy) is 3. The Labute approximate surface area is 241 Å². The number of rotatable bonds is 8. The maximum absolute atomic E-state index is 12.6. The molecule has 0 saturated heterocycles. The number of amides is 2. The van der Waals surface area contributed by atoms with Crippen molar-refractivity contribution in [3.8, 4) is 23.0 Å². The first kappa shape index (κ1) is 26.7. The third kappa shape index (κ3) is 6.92. The minimum Gasteiger partial charge on any atom is -0.496 e. The molecule has 0 fully saturated rings. The molecule has 0 aliphatic carbocycles. The van der Waals surface area contributed by atoms with Gasteiger partial charge in [-0.25, -0.2) is 0 Å². The first-order valence-electron chi connectivity index (χ1n) is 11.0. The maximum atomic E-state index is 12.6. The monoisotopic (exact) mass is 720 g/mol. The van der Waals surface area contributed by atoms with Gasteiger partial charge in [0.05, 0.1) is 21.4 Å². The van der Waals surface area contributed by atoms with Crippen molar-refractivity contribution in [1.82, 2.24) is 0 Å². The second-order valence-corrected chi connectivity index (χ2v) is 10.1. The number of halogens is 2. The van der Waals surface area contributed by atoms with E-state index in [1.807, 2.05) is 0 Å². The summed E-state index contributed by atoms with van der Waals surface area (Å²) in [4.78, 5) is 25.1. The lowest BCUT2D eigenvalue weighted by Gasteiger charge is -2.10. The molecule has 4 rings (SSSR count). The van der Waals surface area contributed by atoms with Crippen molar-refractivity contribution in [2.75, 3.05) is 24.9 Å². The summed E-state index contributed by atoms with van der Waals surface area (Å²) in [6.07, 6.45) is 0. The fourth-order valence-corrected chi connectivity index (χ4v) is 4.84. The Morgan fingerprint density at radius 1 is 0.595 bits per heavy atom. The molecule has 4 aromatic rings. The Bertz CT molecular complexity index is 1310. The summed E-state index contributed by atoms with van der Waals surface area (Å²) >= 11 is 4.26. The molecule has 0 heterocycles. The van der Waals surface area contributed by atoms with E-state index in [-0.39, 0.29) is 11.8 Å². The van der Waals surface area contributed by atoms with Crippen molar-refractivity contribution < 1.29 is 23.8 Å². The van der Waals surface area contributed by atoms with E-state index in [9.17, 15) is 9.59 Å². The van der Waals surface area contributed by atoms with Crippen molar-refractivity contribution in [3.63, 3.8) is 0 Å². The Kier molecular flexibility index (Phi) is 8.87. The third-order valence-corrected chi connectivity index (χ3v) is 6.97. The lowest BCUT2D eigenvalue weighted by atomic mass is 10.2. The molecule has 0 saturated carbocycles. The number of carbonyl (C=O) groups excluding carboxylic acids is 2. The van der Waals surface area contributed by atoms with Crippen molar-refractivity contribution in [2.45, 2.75) is 0 Å². The van der Waals surface area contributed by atoms with E-state index >= 15 is 0 Å². The normalized spacial score (nSPS) is 10.4. The minimum atomic E-state index is -0.212. The van der Waals surface area contributed by atoms with Gasteiger partial charge in [-0.1, -0.05) is 0 Å². The highest BCUT2D eigenvalue weighted by Gasteiger charge is 2.11. The minimum absolute atomic E-state index is 0.212. The zero-order valence-corrected chi connectivity index (χ0v) is 24.2. The zero-order valence-electron chi connectivity index (χ0n) is 19.9. The number of hydrogen-bond acceptors (Lipinski definition) is 5. The first-order chi connectivity index (χ1) is 17.9. The van der Waals surface area contributed by atoms with E-state index in [0.29, 0.717) is 34.0 Å².